The van der Waals surface area contributed by atoms with Crippen molar-refractivity contribution in [2.75, 3.05) is 46.5 Å². The highest BCUT2D eigenvalue weighted by Crippen LogP contribution is 2.24. The quantitative estimate of drug-likeness (QED) is 0.839. The van der Waals surface area contributed by atoms with Gasteiger partial charge in [0, 0.05) is 39.3 Å². The molecule has 0 radical (unpaired) electrons. The maximum absolute atomic E-state index is 5.78. The van der Waals surface area contributed by atoms with Gasteiger partial charge in [-0.15, -0.1) is 0 Å². The number of rotatable bonds is 4. The van der Waals surface area contributed by atoms with Crippen LogP contribution >= 0.6 is 0 Å². The Kier molecular flexibility index (Phi) is 5.63. The molecule has 0 aromatic rings. The van der Waals surface area contributed by atoms with Gasteiger partial charge >= 0.3 is 0 Å². The lowest BCUT2D eigenvalue weighted by Crippen LogP contribution is -2.50. The number of nitrogens with one attached hydrogen (secondary N) is 1. The van der Waals surface area contributed by atoms with Crippen LogP contribution in [-0.2, 0) is 9.47 Å². The fourth-order valence-corrected chi connectivity index (χ4v) is 3.24. The zero-order valence-corrected chi connectivity index (χ0v) is 12.8. The Morgan fingerprint density at radius 1 is 1.47 bits per heavy atom. The molecule has 2 aliphatic rings. The Labute approximate surface area is 117 Å². The maximum atomic E-state index is 5.78. The molecule has 4 heteroatoms. The first kappa shape index (κ1) is 15.2. The van der Waals surface area contributed by atoms with Gasteiger partial charge < -0.3 is 19.7 Å². The van der Waals surface area contributed by atoms with Gasteiger partial charge in [0.1, 0.15) is 5.60 Å². The molecule has 3 atom stereocenters. The summed E-state index contributed by atoms with van der Waals surface area (Å²) in [6.45, 7) is 10.7. The normalized spacial score (nSPS) is 38.1. The molecule has 1 N–H and O–H groups in total. The third kappa shape index (κ3) is 4.15. The highest BCUT2D eigenvalue weighted by molar-refractivity contribution is 4.89. The Morgan fingerprint density at radius 3 is 2.95 bits per heavy atom. The molecule has 0 amide bonds. The fraction of sp³-hybridized carbons (Fsp3) is 1.00. The molecule has 0 spiro atoms. The minimum atomic E-state index is -0.0615. The second-order valence-electron chi connectivity index (χ2n) is 6.33. The van der Waals surface area contributed by atoms with E-state index in [0.29, 0.717) is 12.0 Å². The number of hydrogen-bond donors (Lipinski definition) is 1. The predicted molar refractivity (Wildman–Crippen MR) is 77.5 cm³/mol. The van der Waals surface area contributed by atoms with E-state index >= 15 is 0 Å². The van der Waals surface area contributed by atoms with Crippen molar-refractivity contribution in [1.29, 1.82) is 0 Å². The van der Waals surface area contributed by atoms with Crippen LogP contribution in [0, 0.1) is 5.92 Å². The van der Waals surface area contributed by atoms with Crippen LogP contribution in [0.25, 0.3) is 0 Å². The van der Waals surface area contributed by atoms with Crippen LogP contribution in [0.5, 0.6) is 0 Å². The molecule has 2 rings (SSSR count). The van der Waals surface area contributed by atoms with E-state index in [1.807, 2.05) is 7.11 Å². The van der Waals surface area contributed by atoms with E-state index in [1.165, 1.54) is 19.4 Å². The highest BCUT2D eigenvalue weighted by atomic mass is 16.5. The van der Waals surface area contributed by atoms with Gasteiger partial charge in [-0.25, -0.2) is 0 Å². The first-order valence-corrected chi connectivity index (χ1v) is 7.76. The van der Waals surface area contributed by atoms with E-state index in [-0.39, 0.29) is 5.60 Å². The van der Waals surface area contributed by atoms with Gasteiger partial charge in [0.25, 0.3) is 0 Å². The summed E-state index contributed by atoms with van der Waals surface area (Å²) in [5.74, 6) is 0.700. The van der Waals surface area contributed by atoms with Crippen LogP contribution in [0.4, 0.5) is 0 Å². The molecule has 2 saturated heterocycles. The Balaban J connectivity index is 1.93. The zero-order chi connectivity index (χ0) is 13.7. The van der Waals surface area contributed by atoms with Gasteiger partial charge in [-0.2, -0.15) is 0 Å². The summed E-state index contributed by atoms with van der Waals surface area (Å²) in [6, 6.07) is 0.670. The van der Waals surface area contributed by atoms with Crippen LogP contribution in [0.1, 0.15) is 33.1 Å². The summed E-state index contributed by atoms with van der Waals surface area (Å²) < 4.78 is 11.3. The third-order valence-electron chi connectivity index (χ3n) is 4.62. The monoisotopic (exact) mass is 270 g/mol. The van der Waals surface area contributed by atoms with Gasteiger partial charge in [0.05, 0.1) is 6.61 Å². The molecule has 0 bridgehead atoms. The molecule has 2 fully saturated rings. The van der Waals surface area contributed by atoms with E-state index in [0.717, 1.165) is 39.3 Å². The van der Waals surface area contributed by atoms with Crippen LogP contribution < -0.4 is 5.32 Å². The second-order valence-corrected chi connectivity index (χ2v) is 6.33. The Morgan fingerprint density at radius 2 is 2.32 bits per heavy atom. The zero-order valence-electron chi connectivity index (χ0n) is 12.8. The molecular formula is C15H30N2O2. The van der Waals surface area contributed by atoms with E-state index in [1.54, 1.807) is 0 Å². The predicted octanol–water partition coefficient (Wildman–Crippen LogP) is 1.50. The average Bonchev–Trinajstić information content (AvgIpc) is 2.85. The van der Waals surface area contributed by atoms with Crippen molar-refractivity contribution in [2.24, 2.45) is 5.92 Å². The summed E-state index contributed by atoms with van der Waals surface area (Å²) in [5.41, 5.74) is -0.0615. The van der Waals surface area contributed by atoms with E-state index < -0.39 is 0 Å². The van der Waals surface area contributed by atoms with Crippen LogP contribution in [0.3, 0.4) is 0 Å². The summed E-state index contributed by atoms with van der Waals surface area (Å²) in [4.78, 5) is 2.59. The van der Waals surface area contributed by atoms with Crippen LogP contribution in [0.15, 0.2) is 0 Å². The molecular weight excluding hydrogens is 240 g/mol. The summed E-state index contributed by atoms with van der Waals surface area (Å²) in [7, 11) is 1.83. The largest absolute Gasteiger partial charge is 0.378 e. The van der Waals surface area contributed by atoms with E-state index in [2.05, 4.69) is 24.1 Å². The number of nitrogens with zero attached hydrogens (tertiary/aromatic N) is 1. The van der Waals surface area contributed by atoms with Crippen LogP contribution in [0.2, 0.25) is 0 Å². The smallest absolute Gasteiger partial charge is 0.106 e. The van der Waals surface area contributed by atoms with Gasteiger partial charge in [-0.05, 0) is 31.8 Å². The summed E-state index contributed by atoms with van der Waals surface area (Å²) in [6.07, 6.45) is 3.49. The molecule has 112 valence electrons. The summed E-state index contributed by atoms with van der Waals surface area (Å²) >= 11 is 0. The van der Waals surface area contributed by atoms with E-state index in [9.17, 15) is 0 Å². The minimum Gasteiger partial charge on any atom is -0.378 e. The van der Waals surface area contributed by atoms with Crippen molar-refractivity contribution in [3.63, 3.8) is 0 Å². The number of ether oxygens (including phenoxy) is 2. The Bertz CT molecular complexity index is 267. The fourth-order valence-electron chi connectivity index (χ4n) is 3.24. The molecule has 0 aromatic carbocycles. The molecule has 0 aliphatic carbocycles. The third-order valence-corrected chi connectivity index (χ3v) is 4.62. The Hall–Kier alpha value is -0.160. The van der Waals surface area contributed by atoms with Crippen LogP contribution in [-0.4, -0.2) is 63.0 Å². The molecule has 2 heterocycles. The number of hydrogen-bond acceptors (Lipinski definition) is 4. The first-order valence-electron chi connectivity index (χ1n) is 7.76. The van der Waals surface area contributed by atoms with Gasteiger partial charge in [0.2, 0.25) is 0 Å². The van der Waals surface area contributed by atoms with Crippen molar-refractivity contribution in [3.05, 3.63) is 0 Å². The van der Waals surface area contributed by atoms with Crippen molar-refractivity contribution in [3.8, 4) is 0 Å². The second kappa shape index (κ2) is 7.02. The van der Waals surface area contributed by atoms with Gasteiger partial charge in [0.15, 0.2) is 0 Å². The van der Waals surface area contributed by atoms with Crippen molar-refractivity contribution >= 4 is 0 Å². The standard InChI is InChI=1S/C15H30N2O2/c1-4-14-5-7-17(10-13(2)9-16-14)11-15(18-3)6-8-19-12-15/h13-14,16H,4-12H2,1-3H3. The average molecular weight is 270 g/mol. The van der Waals surface area contributed by atoms with Gasteiger partial charge in [-0.3, -0.25) is 0 Å². The summed E-state index contributed by atoms with van der Waals surface area (Å²) in [5, 5.41) is 3.68. The SMILES string of the molecule is CCC1CCN(CC2(OC)CCOC2)CC(C)CN1. The van der Waals surface area contributed by atoms with Crippen molar-refractivity contribution in [2.45, 2.75) is 44.8 Å². The maximum Gasteiger partial charge on any atom is 0.106 e. The molecule has 0 saturated carbocycles. The lowest BCUT2D eigenvalue weighted by Gasteiger charge is -2.37. The molecule has 19 heavy (non-hydrogen) atoms. The van der Waals surface area contributed by atoms with Crippen molar-refractivity contribution < 1.29 is 9.47 Å². The molecule has 0 aromatic heterocycles. The minimum absolute atomic E-state index is 0.0615. The van der Waals surface area contributed by atoms with E-state index in [4.69, 9.17) is 9.47 Å². The lowest BCUT2D eigenvalue weighted by molar-refractivity contribution is -0.0443. The number of methoxy groups -OCH3 is 1. The topological polar surface area (TPSA) is 33.7 Å². The first-order chi connectivity index (χ1) is 9.17. The highest BCUT2D eigenvalue weighted by Gasteiger charge is 2.37. The molecule has 3 unspecified atom stereocenters. The molecule has 4 nitrogen and oxygen atoms in total. The molecule has 2 aliphatic heterocycles. The van der Waals surface area contributed by atoms with Gasteiger partial charge in [-0.1, -0.05) is 13.8 Å². The lowest BCUT2D eigenvalue weighted by atomic mass is 9.99. The van der Waals surface area contributed by atoms with Crippen molar-refractivity contribution in [1.82, 2.24) is 10.2 Å².